The monoisotopic (exact) mass is 400 g/mol. The lowest BCUT2D eigenvalue weighted by Gasteiger charge is -2.04. The molecule has 0 spiro atoms. The molecule has 28 heavy (non-hydrogen) atoms. The van der Waals surface area contributed by atoms with Gasteiger partial charge < -0.3 is 14.5 Å². The van der Waals surface area contributed by atoms with E-state index in [1.807, 2.05) is 24.3 Å². The normalized spacial score (nSPS) is 10.5. The quantitative estimate of drug-likeness (QED) is 0.360. The van der Waals surface area contributed by atoms with Crippen LogP contribution in [0.15, 0.2) is 52.1 Å². The van der Waals surface area contributed by atoms with Gasteiger partial charge in [-0.25, -0.2) is 0 Å². The van der Waals surface area contributed by atoms with Crippen LogP contribution in [-0.2, 0) is 10.5 Å². The number of amides is 1. The number of nitro benzene ring substituents is 1. The number of rotatable bonds is 7. The molecule has 1 aromatic heterocycles. The highest BCUT2D eigenvalue weighted by Crippen LogP contribution is 2.30. The number of carbonyl (C=O) groups excluding carboxylic acids is 1. The number of anilines is 1. The largest absolute Gasteiger partial charge is 0.497 e. The van der Waals surface area contributed by atoms with E-state index in [1.54, 1.807) is 13.2 Å². The Kier molecular flexibility index (Phi) is 5.90. The molecular weight excluding hydrogens is 384 g/mol. The number of thioether (sulfide) groups is 1. The van der Waals surface area contributed by atoms with Gasteiger partial charge in [0.05, 0.1) is 12.0 Å². The fourth-order valence-corrected chi connectivity index (χ4v) is 3.09. The lowest BCUT2D eigenvalue weighted by molar-refractivity contribution is -0.384. The van der Waals surface area contributed by atoms with Gasteiger partial charge in [-0.15, -0.1) is 10.2 Å². The average molecular weight is 400 g/mol. The summed E-state index contributed by atoms with van der Waals surface area (Å²) in [7, 11) is 1.61. The van der Waals surface area contributed by atoms with E-state index in [-0.39, 0.29) is 23.2 Å². The van der Waals surface area contributed by atoms with E-state index in [2.05, 4.69) is 15.5 Å². The van der Waals surface area contributed by atoms with Crippen LogP contribution in [0.4, 0.5) is 11.4 Å². The Hall–Kier alpha value is -3.40. The van der Waals surface area contributed by atoms with Gasteiger partial charge in [0.15, 0.2) is 0 Å². The number of nitro groups is 1. The molecule has 0 aliphatic carbocycles. The summed E-state index contributed by atoms with van der Waals surface area (Å²) in [6.45, 7) is 1.32. The number of methoxy groups -OCH3 is 1. The Morgan fingerprint density at radius 3 is 2.64 bits per heavy atom. The Bertz CT molecular complexity index is 1000. The highest BCUT2D eigenvalue weighted by molar-refractivity contribution is 7.98. The molecule has 0 fully saturated rings. The van der Waals surface area contributed by atoms with Crippen molar-refractivity contribution in [3.8, 4) is 17.2 Å². The Balaban J connectivity index is 1.77. The summed E-state index contributed by atoms with van der Waals surface area (Å²) >= 11 is 1.34. The molecule has 3 rings (SSSR count). The molecule has 10 heteroatoms. The van der Waals surface area contributed by atoms with Gasteiger partial charge in [-0.2, -0.15) is 0 Å². The smallest absolute Gasteiger partial charge is 0.277 e. The molecule has 1 N–H and O–H groups in total. The van der Waals surface area contributed by atoms with Crippen molar-refractivity contribution in [2.45, 2.75) is 17.9 Å². The highest BCUT2D eigenvalue weighted by Gasteiger charge is 2.16. The molecule has 0 unspecified atom stereocenters. The topological polar surface area (TPSA) is 120 Å². The summed E-state index contributed by atoms with van der Waals surface area (Å²) < 4.78 is 10.7. The molecule has 0 atom stereocenters. The van der Waals surface area contributed by atoms with Crippen LogP contribution in [-0.4, -0.2) is 28.1 Å². The van der Waals surface area contributed by atoms with Gasteiger partial charge in [-0.3, -0.25) is 14.9 Å². The van der Waals surface area contributed by atoms with Gasteiger partial charge in [0.1, 0.15) is 5.75 Å². The second kappa shape index (κ2) is 8.53. The predicted octanol–water partition coefficient (Wildman–Crippen LogP) is 3.90. The van der Waals surface area contributed by atoms with Crippen LogP contribution in [0.2, 0.25) is 0 Å². The Morgan fingerprint density at radius 2 is 2.00 bits per heavy atom. The van der Waals surface area contributed by atoms with Gasteiger partial charge in [0.25, 0.3) is 10.9 Å². The van der Waals surface area contributed by atoms with E-state index in [0.717, 1.165) is 11.3 Å². The first-order chi connectivity index (χ1) is 13.4. The summed E-state index contributed by atoms with van der Waals surface area (Å²) in [5, 5.41) is 21.9. The molecule has 9 nitrogen and oxygen atoms in total. The van der Waals surface area contributed by atoms with Gasteiger partial charge in [0, 0.05) is 36.1 Å². The van der Waals surface area contributed by atoms with Crippen LogP contribution < -0.4 is 10.1 Å². The number of aromatic nitrogens is 2. The fourth-order valence-electron chi connectivity index (χ4n) is 2.37. The molecular formula is C18H16N4O5S. The SMILES string of the molecule is COc1ccc(CSc2nnc(-c3cc(NC(C)=O)cc([N+](=O)[O-])c3)o2)cc1. The minimum Gasteiger partial charge on any atom is -0.497 e. The lowest BCUT2D eigenvalue weighted by atomic mass is 10.1. The summed E-state index contributed by atoms with van der Waals surface area (Å²) in [4.78, 5) is 21.9. The van der Waals surface area contributed by atoms with E-state index in [9.17, 15) is 14.9 Å². The Labute approximate surface area is 164 Å². The average Bonchev–Trinajstić information content (AvgIpc) is 3.15. The summed E-state index contributed by atoms with van der Waals surface area (Å²) in [5.41, 5.74) is 1.49. The van der Waals surface area contributed by atoms with E-state index >= 15 is 0 Å². The number of benzene rings is 2. The molecule has 0 aliphatic heterocycles. The zero-order chi connectivity index (χ0) is 20.1. The number of hydrogen-bond donors (Lipinski definition) is 1. The second-order valence-electron chi connectivity index (χ2n) is 5.72. The molecule has 3 aromatic rings. The minimum atomic E-state index is -0.551. The number of carbonyl (C=O) groups is 1. The molecule has 144 valence electrons. The highest BCUT2D eigenvalue weighted by atomic mass is 32.2. The van der Waals surface area contributed by atoms with Crippen molar-refractivity contribution in [2.24, 2.45) is 0 Å². The molecule has 0 saturated heterocycles. The first kappa shape index (κ1) is 19.4. The third-order valence-electron chi connectivity index (χ3n) is 3.62. The van der Waals surface area contributed by atoms with Crippen LogP contribution in [0.25, 0.3) is 11.5 Å². The van der Waals surface area contributed by atoms with Crippen LogP contribution in [0.1, 0.15) is 12.5 Å². The first-order valence-electron chi connectivity index (χ1n) is 8.11. The molecule has 1 amide bonds. The van der Waals surface area contributed by atoms with Crippen molar-refractivity contribution in [3.63, 3.8) is 0 Å². The number of non-ortho nitro benzene ring substituents is 1. The van der Waals surface area contributed by atoms with Crippen molar-refractivity contribution >= 4 is 29.0 Å². The lowest BCUT2D eigenvalue weighted by Crippen LogP contribution is -2.06. The molecule has 0 radical (unpaired) electrons. The first-order valence-corrected chi connectivity index (χ1v) is 9.10. The van der Waals surface area contributed by atoms with Gasteiger partial charge in [-0.05, 0) is 23.8 Å². The second-order valence-corrected chi connectivity index (χ2v) is 6.64. The number of nitrogens with zero attached hydrogens (tertiary/aromatic N) is 3. The van der Waals surface area contributed by atoms with E-state index < -0.39 is 4.92 Å². The standard InChI is InChI=1S/C18H16N4O5S/c1-11(23)19-14-7-13(8-15(9-14)22(24)25)17-20-21-18(27-17)28-10-12-3-5-16(26-2)6-4-12/h3-9H,10H2,1-2H3,(H,19,23). The van der Waals surface area contributed by atoms with Crippen molar-refractivity contribution in [1.29, 1.82) is 0 Å². The molecule has 2 aromatic carbocycles. The summed E-state index contributed by atoms with van der Waals surface area (Å²) in [6.07, 6.45) is 0. The number of nitrogens with one attached hydrogen (secondary N) is 1. The molecule has 0 saturated carbocycles. The molecule has 1 heterocycles. The molecule has 0 aliphatic rings. The van der Waals surface area contributed by atoms with Gasteiger partial charge >= 0.3 is 0 Å². The van der Waals surface area contributed by atoms with Crippen LogP contribution in [0.3, 0.4) is 0 Å². The van der Waals surface area contributed by atoms with E-state index in [4.69, 9.17) is 9.15 Å². The zero-order valence-corrected chi connectivity index (χ0v) is 15.9. The zero-order valence-electron chi connectivity index (χ0n) is 15.0. The van der Waals surface area contributed by atoms with Gasteiger partial charge in [-0.1, -0.05) is 23.9 Å². The third kappa shape index (κ3) is 4.86. The summed E-state index contributed by atoms with van der Waals surface area (Å²) in [5.74, 6) is 1.17. The van der Waals surface area contributed by atoms with Crippen LogP contribution >= 0.6 is 11.8 Å². The minimum absolute atomic E-state index is 0.132. The Morgan fingerprint density at radius 1 is 1.25 bits per heavy atom. The predicted molar refractivity (Wildman–Crippen MR) is 103 cm³/mol. The maximum Gasteiger partial charge on any atom is 0.277 e. The third-order valence-corrected chi connectivity index (χ3v) is 4.51. The van der Waals surface area contributed by atoms with Crippen molar-refractivity contribution in [2.75, 3.05) is 12.4 Å². The van der Waals surface area contributed by atoms with E-state index in [0.29, 0.717) is 16.5 Å². The van der Waals surface area contributed by atoms with Crippen LogP contribution in [0.5, 0.6) is 5.75 Å². The fraction of sp³-hybridized carbons (Fsp3) is 0.167. The number of hydrogen-bond acceptors (Lipinski definition) is 8. The van der Waals surface area contributed by atoms with Crippen molar-refractivity contribution in [3.05, 3.63) is 58.1 Å². The van der Waals surface area contributed by atoms with Crippen LogP contribution in [0, 0.1) is 10.1 Å². The number of ether oxygens (including phenoxy) is 1. The summed E-state index contributed by atoms with van der Waals surface area (Å²) in [6, 6.07) is 11.7. The molecule has 0 bridgehead atoms. The van der Waals surface area contributed by atoms with Crippen molar-refractivity contribution in [1.82, 2.24) is 10.2 Å². The van der Waals surface area contributed by atoms with E-state index in [1.165, 1.54) is 30.8 Å². The van der Waals surface area contributed by atoms with Crippen molar-refractivity contribution < 1.29 is 18.9 Å². The maximum absolute atomic E-state index is 11.3. The van der Waals surface area contributed by atoms with Gasteiger partial charge in [0.2, 0.25) is 11.8 Å². The maximum atomic E-state index is 11.3.